The number of nitrogens with two attached hydrogens (primary N) is 1. The maximum Gasteiger partial charge on any atom is 0.416 e. The van der Waals surface area contributed by atoms with Gasteiger partial charge in [-0.2, -0.15) is 18.2 Å². The molecular formula is C21H18Cl3F3N6O2. The summed E-state index contributed by atoms with van der Waals surface area (Å²) in [6, 6.07) is 9.80. The van der Waals surface area contributed by atoms with Crippen LogP contribution in [-0.2, 0) is 12.7 Å². The van der Waals surface area contributed by atoms with Crippen LogP contribution in [0.4, 0.5) is 29.3 Å². The lowest BCUT2D eigenvalue weighted by Gasteiger charge is -2.12. The molecule has 0 saturated heterocycles. The maximum absolute atomic E-state index is 12.8. The summed E-state index contributed by atoms with van der Waals surface area (Å²) >= 11 is 6.24. The van der Waals surface area contributed by atoms with Gasteiger partial charge in [-0.05, 0) is 36.4 Å². The molecular weight excluding hydrogens is 532 g/mol. The normalized spacial score (nSPS) is 10.8. The summed E-state index contributed by atoms with van der Waals surface area (Å²) in [5.74, 6) is 0.603. The molecule has 8 nitrogen and oxygen atoms in total. The molecule has 0 radical (unpaired) electrons. The van der Waals surface area contributed by atoms with Crippen molar-refractivity contribution in [3.63, 3.8) is 0 Å². The van der Waals surface area contributed by atoms with Crippen LogP contribution in [0.25, 0.3) is 11.0 Å². The number of carbonyl (C=O) groups excluding carboxylic acids is 1. The second kappa shape index (κ2) is 11.5. The molecule has 4 rings (SSSR count). The molecule has 14 heteroatoms. The number of hydrogen-bond acceptors (Lipinski definition) is 5. The number of carbonyl (C=O) groups is 1. The summed E-state index contributed by atoms with van der Waals surface area (Å²) in [4.78, 5) is 23.6. The van der Waals surface area contributed by atoms with Crippen molar-refractivity contribution in [2.45, 2.75) is 12.7 Å². The summed E-state index contributed by atoms with van der Waals surface area (Å²) in [7, 11) is 0. The zero-order valence-corrected chi connectivity index (χ0v) is 19.9. The Kier molecular flexibility index (Phi) is 9.16. The van der Waals surface area contributed by atoms with Crippen LogP contribution in [0.15, 0.2) is 54.9 Å². The Hall–Kier alpha value is -3.25. The van der Waals surface area contributed by atoms with E-state index in [1.165, 1.54) is 30.6 Å². The van der Waals surface area contributed by atoms with Crippen molar-refractivity contribution in [3.05, 3.63) is 71.1 Å². The summed E-state index contributed by atoms with van der Waals surface area (Å²) in [5, 5.41) is 4.97. The zero-order valence-electron chi connectivity index (χ0n) is 17.5. The molecule has 0 spiro atoms. The van der Waals surface area contributed by atoms with E-state index >= 15 is 0 Å². The van der Waals surface area contributed by atoms with Gasteiger partial charge in [0.15, 0.2) is 0 Å². The first-order chi connectivity index (χ1) is 15.7. The number of amides is 2. The Morgan fingerprint density at radius 1 is 1.09 bits per heavy atom. The van der Waals surface area contributed by atoms with Gasteiger partial charge < -0.3 is 26.1 Å². The van der Waals surface area contributed by atoms with Crippen molar-refractivity contribution in [2.24, 2.45) is 5.73 Å². The molecule has 2 heterocycles. The van der Waals surface area contributed by atoms with Crippen LogP contribution < -0.4 is 21.1 Å². The first-order valence-electron chi connectivity index (χ1n) is 9.48. The highest BCUT2D eigenvalue weighted by atomic mass is 35.5. The fourth-order valence-corrected chi connectivity index (χ4v) is 3.21. The maximum atomic E-state index is 12.8. The number of aromatic amines is 1. The van der Waals surface area contributed by atoms with Crippen molar-refractivity contribution in [2.75, 3.05) is 10.6 Å². The molecule has 186 valence electrons. The molecule has 0 saturated carbocycles. The predicted octanol–water partition coefficient (Wildman–Crippen LogP) is 6.37. The van der Waals surface area contributed by atoms with Crippen molar-refractivity contribution in [1.29, 1.82) is 0 Å². The van der Waals surface area contributed by atoms with E-state index in [2.05, 4.69) is 25.6 Å². The summed E-state index contributed by atoms with van der Waals surface area (Å²) in [6.45, 7) is 0.296. The molecule has 0 bridgehead atoms. The Morgan fingerprint density at radius 3 is 2.54 bits per heavy atom. The van der Waals surface area contributed by atoms with E-state index in [4.69, 9.17) is 22.1 Å². The molecule has 35 heavy (non-hydrogen) atoms. The molecule has 2 amide bonds. The number of halogens is 6. The molecule has 0 atom stereocenters. The fraction of sp³-hybridized carbons (Fsp3) is 0.0952. The van der Waals surface area contributed by atoms with E-state index in [0.717, 1.165) is 17.8 Å². The number of rotatable bonds is 5. The largest absolute Gasteiger partial charge is 0.437 e. The second-order valence-corrected chi connectivity index (χ2v) is 7.25. The number of aromatic nitrogens is 3. The highest BCUT2D eigenvalue weighted by Crippen LogP contribution is 2.32. The number of hydrogen-bond donors (Lipinski definition) is 4. The van der Waals surface area contributed by atoms with Crippen LogP contribution in [0.2, 0.25) is 5.02 Å². The number of nitrogens with zero attached hydrogens (tertiary/aromatic N) is 2. The van der Waals surface area contributed by atoms with Gasteiger partial charge in [0.2, 0.25) is 5.88 Å². The molecule has 0 aliphatic heterocycles. The topological polar surface area (TPSA) is 118 Å². The highest BCUT2D eigenvalue weighted by molar-refractivity contribution is 6.34. The van der Waals surface area contributed by atoms with E-state index in [0.29, 0.717) is 23.3 Å². The van der Waals surface area contributed by atoms with Gasteiger partial charge in [-0.3, -0.25) is 0 Å². The van der Waals surface area contributed by atoms with Crippen molar-refractivity contribution in [3.8, 4) is 11.6 Å². The quantitative estimate of drug-likeness (QED) is 0.231. The van der Waals surface area contributed by atoms with Gasteiger partial charge in [-0.15, -0.1) is 24.8 Å². The molecule has 0 unspecified atom stereocenters. The lowest BCUT2D eigenvalue weighted by atomic mass is 10.2. The Bertz CT molecular complexity index is 1330. The van der Waals surface area contributed by atoms with Gasteiger partial charge in [0.25, 0.3) is 0 Å². The summed E-state index contributed by atoms with van der Waals surface area (Å²) < 4.78 is 44.3. The van der Waals surface area contributed by atoms with Gasteiger partial charge >= 0.3 is 12.2 Å². The lowest BCUT2D eigenvalue weighted by Crippen LogP contribution is -2.20. The first kappa shape index (κ1) is 28.0. The number of nitrogens with one attached hydrogen (secondary N) is 3. The van der Waals surface area contributed by atoms with Gasteiger partial charge in [0.1, 0.15) is 17.6 Å². The van der Waals surface area contributed by atoms with Gasteiger partial charge in [-0.1, -0.05) is 17.7 Å². The predicted molar refractivity (Wildman–Crippen MR) is 132 cm³/mol. The van der Waals surface area contributed by atoms with Crippen LogP contribution in [0.5, 0.6) is 11.6 Å². The number of H-pyrrole nitrogens is 1. The van der Waals surface area contributed by atoms with Crippen molar-refractivity contribution in [1.82, 2.24) is 15.0 Å². The highest BCUT2D eigenvalue weighted by Gasteiger charge is 2.30. The number of fused-ring (bicyclic) bond motifs is 1. The number of urea groups is 1. The number of anilines is 2. The Labute approximate surface area is 214 Å². The third-order valence-electron chi connectivity index (χ3n) is 4.51. The van der Waals surface area contributed by atoms with Crippen LogP contribution >= 0.6 is 36.4 Å². The second-order valence-electron chi connectivity index (χ2n) is 6.84. The van der Waals surface area contributed by atoms with E-state index in [1.54, 1.807) is 12.1 Å². The smallest absolute Gasteiger partial charge is 0.416 e. The van der Waals surface area contributed by atoms with E-state index < -0.39 is 17.8 Å². The summed E-state index contributed by atoms with van der Waals surface area (Å²) in [6.07, 6.45) is -3.17. The van der Waals surface area contributed by atoms with Crippen LogP contribution in [0.3, 0.4) is 0 Å². The number of alkyl halides is 3. The number of benzene rings is 2. The third kappa shape index (κ3) is 6.67. The summed E-state index contributed by atoms with van der Waals surface area (Å²) in [5.41, 5.74) is 6.94. The molecule has 0 aliphatic carbocycles. The standard InChI is InChI=1S/C21H16ClF3N6O2.2ClH/c22-15-8-14(33-19-18-17(27-10-28-19)7-13(9-26)29-18)4-5-16(15)31-20(32)30-12-3-1-2-11(6-12)21(23,24)25;;/h1-8,10,29H,9,26H2,(H2,30,31,32);2*1H. The molecule has 2 aromatic heterocycles. The van der Waals surface area contributed by atoms with Crippen molar-refractivity contribution < 1.29 is 22.7 Å². The first-order valence-corrected chi connectivity index (χ1v) is 9.86. The molecule has 2 aromatic carbocycles. The number of ether oxygens (including phenoxy) is 1. The monoisotopic (exact) mass is 548 g/mol. The Morgan fingerprint density at radius 2 is 1.86 bits per heavy atom. The third-order valence-corrected chi connectivity index (χ3v) is 4.82. The fourth-order valence-electron chi connectivity index (χ4n) is 2.99. The zero-order chi connectivity index (χ0) is 23.6. The minimum atomic E-state index is -4.52. The van der Waals surface area contributed by atoms with Gasteiger partial charge in [0.05, 0.1) is 21.8 Å². The minimum Gasteiger partial charge on any atom is -0.437 e. The molecule has 0 fully saturated rings. The average Bonchev–Trinajstić information content (AvgIpc) is 3.20. The van der Waals surface area contributed by atoms with Crippen LogP contribution in [-0.4, -0.2) is 21.0 Å². The van der Waals surface area contributed by atoms with Gasteiger partial charge in [-0.25, -0.2) is 9.78 Å². The SMILES string of the molecule is Cl.Cl.NCc1cc2ncnc(Oc3ccc(NC(=O)Nc4cccc(C(F)(F)F)c4)c(Cl)c3)c2[nH]1. The van der Waals surface area contributed by atoms with E-state index in [1.807, 2.05) is 0 Å². The molecule has 4 aromatic rings. The van der Waals surface area contributed by atoms with Crippen LogP contribution in [0, 0.1) is 0 Å². The lowest BCUT2D eigenvalue weighted by molar-refractivity contribution is -0.137. The average molecular weight is 550 g/mol. The van der Waals surface area contributed by atoms with E-state index in [9.17, 15) is 18.0 Å². The van der Waals surface area contributed by atoms with Gasteiger partial charge in [0, 0.05) is 24.0 Å². The molecule has 0 aliphatic rings. The van der Waals surface area contributed by atoms with E-state index in [-0.39, 0.29) is 47.1 Å². The molecule has 5 N–H and O–H groups in total. The van der Waals surface area contributed by atoms with Crippen molar-refractivity contribution >= 4 is 64.9 Å². The minimum absolute atomic E-state index is 0. The Balaban J connectivity index is 0.00000216. The van der Waals surface area contributed by atoms with Crippen LogP contribution in [0.1, 0.15) is 11.3 Å².